The van der Waals surface area contributed by atoms with Gasteiger partial charge in [-0.25, -0.2) is 0 Å². The fourth-order valence-electron chi connectivity index (χ4n) is 1.62. The molecule has 1 atom stereocenters. The van der Waals surface area contributed by atoms with Gasteiger partial charge in [-0.05, 0) is 12.1 Å². The molecule has 0 saturated carbocycles. The molecule has 2 rings (SSSR count). The number of hydrogen-bond acceptors (Lipinski definition) is 2. The van der Waals surface area contributed by atoms with Crippen LogP contribution in [-0.2, 0) is 0 Å². The molecule has 0 amide bonds. The fraction of sp³-hybridized carbons (Fsp3) is 0.0714. The molecule has 0 bridgehead atoms. The van der Waals surface area contributed by atoms with E-state index in [1.807, 2.05) is 0 Å². The minimum Gasteiger partial charge on any atom is -0.380 e. The molecule has 0 aliphatic heterocycles. The summed E-state index contributed by atoms with van der Waals surface area (Å²) in [6, 6.07) is 13.2. The number of aliphatic hydroxyl groups excluding tert-OH is 1. The highest BCUT2D eigenvalue weighted by atomic mass is 35.5. The lowest BCUT2D eigenvalue weighted by atomic mass is 10.00. The van der Waals surface area contributed by atoms with Crippen molar-refractivity contribution in [2.75, 3.05) is 0 Å². The molecule has 1 unspecified atom stereocenters. The van der Waals surface area contributed by atoms with Crippen LogP contribution in [0.25, 0.3) is 0 Å². The Kier molecular flexibility index (Phi) is 4.02. The molecular formula is C14H10Cl2O2. The lowest BCUT2D eigenvalue weighted by Gasteiger charge is -2.12. The van der Waals surface area contributed by atoms with Crippen molar-refractivity contribution in [3.63, 3.8) is 0 Å². The summed E-state index contributed by atoms with van der Waals surface area (Å²) in [4.78, 5) is 12.0. The Morgan fingerprint density at radius 3 is 2.33 bits per heavy atom. The second-order valence-electron chi connectivity index (χ2n) is 3.80. The van der Waals surface area contributed by atoms with Crippen molar-refractivity contribution in [2.45, 2.75) is 6.10 Å². The van der Waals surface area contributed by atoms with Crippen LogP contribution in [0, 0.1) is 0 Å². The highest BCUT2D eigenvalue weighted by Crippen LogP contribution is 2.28. The molecule has 0 heterocycles. The number of ketones is 1. The number of carbonyl (C=O) groups excluding carboxylic acids is 1. The first kappa shape index (κ1) is 13.1. The predicted molar refractivity (Wildman–Crippen MR) is 72.2 cm³/mol. The average molecular weight is 281 g/mol. The molecule has 2 aromatic carbocycles. The van der Waals surface area contributed by atoms with Gasteiger partial charge in [0, 0.05) is 21.2 Å². The Bertz CT molecular complexity index is 567. The predicted octanol–water partition coefficient (Wildman–Crippen LogP) is 3.91. The van der Waals surface area contributed by atoms with Gasteiger partial charge >= 0.3 is 0 Å². The summed E-state index contributed by atoms with van der Waals surface area (Å²) >= 11 is 11.7. The molecule has 92 valence electrons. The molecule has 0 aromatic heterocycles. The number of Topliss-reactive ketones (excluding diaryl/α,β-unsaturated/α-hetero) is 1. The van der Waals surface area contributed by atoms with E-state index < -0.39 is 6.10 Å². The van der Waals surface area contributed by atoms with Crippen LogP contribution in [-0.4, -0.2) is 10.9 Å². The molecular weight excluding hydrogens is 271 g/mol. The number of benzene rings is 2. The minimum absolute atomic E-state index is 0.277. The van der Waals surface area contributed by atoms with Crippen LogP contribution in [0.15, 0.2) is 48.5 Å². The molecule has 2 aromatic rings. The highest BCUT2D eigenvalue weighted by molar-refractivity contribution is 6.35. The zero-order valence-electron chi connectivity index (χ0n) is 9.31. The van der Waals surface area contributed by atoms with Crippen molar-refractivity contribution >= 4 is 29.0 Å². The van der Waals surface area contributed by atoms with Gasteiger partial charge in [-0.1, -0.05) is 59.6 Å². The second kappa shape index (κ2) is 5.53. The van der Waals surface area contributed by atoms with Crippen molar-refractivity contribution in [1.82, 2.24) is 0 Å². The molecule has 2 nitrogen and oxygen atoms in total. The van der Waals surface area contributed by atoms with E-state index in [-0.39, 0.29) is 10.8 Å². The monoisotopic (exact) mass is 280 g/mol. The van der Waals surface area contributed by atoms with E-state index in [9.17, 15) is 9.90 Å². The van der Waals surface area contributed by atoms with Crippen molar-refractivity contribution in [3.05, 3.63) is 69.7 Å². The Labute approximate surface area is 115 Å². The van der Waals surface area contributed by atoms with E-state index in [1.165, 1.54) is 6.07 Å². The van der Waals surface area contributed by atoms with Gasteiger partial charge < -0.3 is 5.11 Å². The third-order valence-electron chi connectivity index (χ3n) is 2.56. The van der Waals surface area contributed by atoms with Crippen LogP contribution in [0.1, 0.15) is 22.0 Å². The minimum atomic E-state index is -1.28. The summed E-state index contributed by atoms with van der Waals surface area (Å²) in [6.07, 6.45) is -1.28. The van der Waals surface area contributed by atoms with Crippen LogP contribution in [0.3, 0.4) is 0 Å². The third kappa shape index (κ3) is 2.72. The van der Waals surface area contributed by atoms with Crippen LogP contribution in [0.5, 0.6) is 0 Å². The van der Waals surface area contributed by atoms with Crippen molar-refractivity contribution in [3.8, 4) is 0 Å². The molecule has 0 aliphatic carbocycles. The summed E-state index contributed by atoms with van der Waals surface area (Å²) in [5.74, 6) is -0.389. The SMILES string of the molecule is O=C(c1ccccc1)C(O)c1ccc(Cl)cc1Cl. The molecule has 0 aliphatic rings. The number of aliphatic hydroxyl groups is 1. The van der Waals surface area contributed by atoms with Gasteiger partial charge in [-0.3, -0.25) is 4.79 Å². The molecule has 0 spiro atoms. The summed E-state index contributed by atoms with van der Waals surface area (Å²) in [7, 11) is 0. The zero-order chi connectivity index (χ0) is 13.1. The summed E-state index contributed by atoms with van der Waals surface area (Å²) < 4.78 is 0. The Morgan fingerprint density at radius 1 is 1.06 bits per heavy atom. The smallest absolute Gasteiger partial charge is 0.195 e. The molecule has 1 N–H and O–H groups in total. The lowest BCUT2D eigenvalue weighted by Crippen LogP contribution is -2.12. The van der Waals surface area contributed by atoms with Gasteiger partial charge in [0.05, 0.1) is 0 Å². The third-order valence-corrected chi connectivity index (χ3v) is 3.13. The van der Waals surface area contributed by atoms with E-state index in [4.69, 9.17) is 23.2 Å². The van der Waals surface area contributed by atoms with E-state index >= 15 is 0 Å². The first-order valence-corrected chi connectivity index (χ1v) is 6.07. The van der Waals surface area contributed by atoms with Gasteiger partial charge in [-0.15, -0.1) is 0 Å². The summed E-state index contributed by atoms with van der Waals surface area (Å²) in [5.41, 5.74) is 0.797. The standard InChI is InChI=1S/C14H10Cl2O2/c15-10-6-7-11(12(16)8-10)14(18)13(17)9-4-2-1-3-5-9/h1-8,14,18H. The van der Waals surface area contributed by atoms with Gasteiger partial charge in [0.1, 0.15) is 6.10 Å². The second-order valence-corrected chi connectivity index (χ2v) is 4.64. The zero-order valence-corrected chi connectivity index (χ0v) is 10.8. The Morgan fingerprint density at radius 2 is 1.72 bits per heavy atom. The van der Waals surface area contributed by atoms with Crippen molar-refractivity contribution in [2.24, 2.45) is 0 Å². The lowest BCUT2D eigenvalue weighted by molar-refractivity contribution is 0.0747. The van der Waals surface area contributed by atoms with Crippen LogP contribution in [0.4, 0.5) is 0 Å². The van der Waals surface area contributed by atoms with Crippen molar-refractivity contribution < 1.29 is 9.90 Å². The summed E-state index contributed by atoms with van der Waals surface area (Å²) in [6.45, 7) is 0. The number of rotatable bonds is 3. The largest absolute Gasteiger partial charge is 0.380 e. The normalized spacial score (nSPS) is 12.2. The Hall–Kier alpha value is -1.35. The van der Waals surface area contributed by atoms with Gasteiger partial charge in [0.2, 0.25) is 0 Å². The fourth-order valence-corrected chi connectivity index (χ4v) is 2.14. The molecule has 0 saturated heterocycles. The van der Waals surface area contributed by atoms with Gasteiger partial charge in [-0.2, -0.15) is 0 Å². The maximum atomic E-state index is 12.0. The van der Waals surface area contributed by atoms with E-state index in [0.717, 1.165) is 0 Å². The van der Waals surface area contributed by atoms with E-state index in [2.05, 4.69) is 0 Å². The van der Waals surface area contributed by atoms with Crippen molar-refractivity contribution in [1.29, 1.82) is 0 Å². The molecule has 0 radical (unpaired) electrons. The van der Waals surface area contributed by atoms with Crippen LogP contribution < -0.4 is 0 Å². The van der Waals surface area contributed by atoms with Crippen LogP contribution in [0.2, 0.25) is 10.0 Å². The number of hydrogen-bond donors (Lipinski definition) is 1. The van der Waals surface area contributed by atoms with E-state index in [0.29, 0.717) is 16.1 Å². The number of carbonyl (C=O) groups is 1. The van der Waals surface area contributed by atoms with E-state index in [1.54, 1.807) is 42.5 Å². The molecule has 4 heteroatoms. The van der Waals surface area contributed by atoms with Crippen LogP contribution >= 0.6 is 23.2 Å². The topological polar surface area (TPSA) is 37.3 Å². The highest BCUT2D eigenvalue weighted by Gasteiger charge is 2.21. The molecule has 0 fully saturated rings. The number of halogens is 2. The molecule has 18 heavy (non-hydrogen) atoms. The average Bonchev–Trinajstić information content (AvgIpc) is 2.38. The first-order chi connectivity index (χ1) is 8.59. The maximum absolute atomic E-state index is 12.0. The first-order valence-electron chi connectivity index (χ1n) is 5.32. The summed E-state index contributed by atoms with van der Waals surface area (Å²) in [5, 5.41) is 10.8. The van der Waals surface area contributed by atoms with Gasteiger partial charge in [0.25, 0.3) is 0 Å². The quantitative estimate of drug-likeness (QED) is 0.866. The maximum Gasteiger partial charge on any atom is 0.195 e. The van der Waals surface area contributed by atoms with Gasteiger partial charge in [0.15, 0.2) is 5.78 Å². The Balaban J connectivity index is 2.31.